The van der Waals surface area contributed by atoms with Crippen LogP contribution in [0.4, 0.5) is 0 Å². The van der Waals surface area contributed by atoms with Crippen LogP contribution in [-0.2, 0) is 0 Å². The zero-order valence-corrected chi connectivity index (χ0v) is 24.3. The molecule has 2 heterocycles. The summed E-state index contributed by atoms with van der Waals surface area (Å²) in [7, 11) is 0. The van der Waals surface area contributed by atoms with Crippen molar-refractivity contribution < 1.29 is 0 Å². The number of hydrogen-bond donors (Lipinski definition) is 0. The van der Waals surface area contributed by atoms with Gasteiger partial charge in [-0.2, -0.15) is 0 Å². The number of fused-ring (bicyclic) bond motifs is 6. The van der Waals surface area contributed by atoms with Crippen LogP contribution in [0.15, 0.2) is 158 Å². The van der Waals surface area contributed by atoms with Gasteiger partial charge in [0.05, 0.1) is 27.8 Å². The summed E-state index contributed by atoms with van der Waals surface area (Å²) < 4.78 is 4.89. The third kappa shape index (κ3) is 3.81. The van der Waals surface area contributed by atoms with Gasteiger partial charge < -0.3 is 9.13 Å². The Kier molecular flexibility index (Phi) is 5.67. The standard InChI is InChI=1S/C42H30N2/c1-3-13-29(14-4-1)31-23-25-33(30-15-5-2-6-16-30)42(27-31)44-40-22-12-9-19-36(40)37-28-32(24-26-41(37)44)43-38-20-10-7-17-34(38)35-18-8-11-21-39(35)43/h1,3-5,7-28H,2,6H2. The van der Waals surface area contributed by atoms with Gasteiger partial charge in [0.15, 0.2) is 0 Å². The maximum absolute atomic E-state index is 2.48. The van der Waals surface area contributed by atoms with E-state index in [1.807, 2.05) is 0 Å². The number of rotatable bonds is 4. The van der Waals surface area contributed by atoms with Crippen molar-refractivity contribution in [3.05, 3.63) is 163 Å². The molecule has 0 bridgehead atoms. The fourth-order valence-corrected chi connectivity index (χ4v) is 7.14. The Labute approximate surface area is 256 Å². The van der Waals surface area contributed by atoms with Crippen molar-refractivity contribution in [1.29, 1.82) is 0 Å². The molecule has 0 N–H and O–H groups in total. The van der Waals surface area contributed by atoms with Crippen molar-refractivity contribution in [2.45, 2.75) is 12.8 Å². The molecule has 0 saturated heterocycles. The number of benzene rings is 6. The lowest BCUT2D eigenvalue weighted by atomic mass is 9.95. The van der Waals surface area contributed by atoms with Crippen LogP contribution >= 0.6 is 0 Å². The largest absolute Gasteiger partial charge is 0.309 e. The third-order valence-electron chi connectivity index (χ3n) is 9.15. The molecule has 6 aromatic carbocycles. The fourth-order valence-electron chi connectivity index (χ4n) is 7.14. The minimum absolute atomic E-state index is 1.07. The predicted molar refractivity (Wildman–Crippen MR) is 187 cm³/mol. The number of hydrogen-bond acceptors (Lipinski definition) is 0. The Bertz CT molecular complexity index is 2380. The molecule has 0 amide bonds. The molecule has 0 spiro atoms. The molecule has 0 unspecified atom stereocenters. The summed E-state index contributed by atoms with van der Waals surface area (Å²) in [5, 5.41) is 5.07. The second kappa shape index (κ2) is 10.00. The summed E-state index contributed by atoms with van der Waals surface area (Å²) in [6, 6.07) is 51.0. The van der Waals surface area contributed by atoms with Gasteiger partial charge in [0.2, 0.25) is 0 Å². The Balaban J connectivity index is 1.34. The molecule has 0 fully saturated rings. The molecule has 1 aliphatic carbocycles. The monoisotopic (exact) mass is 562 g/mol. The van der Waals surface area contributed by atoms with E-state index in [4.69, 9.17) is 0 Å². The zero-order valence-electron chi connectivity index (χ0n) is 24.3. The van der Waals surface area contributed by atoms with Gasteiger partial charge in [-0.25, -0.2) is 0 Å². The second-order valence-electron chi connectivity index (χ2n) is 11.7. The van der Waals surface area contributed by atoms with Crippen molar-refractivity contribution in [3.8, 4) is 22.5 Å². The van der Waals surface area contributed by atoms with Crippen LogP contribution in [0, 0.1) is 0 Å². The predicted octanol–water partition coefficient (Wildman–Crippen LogP) is 11.3. The van der Waals surface area contributed by atoms with E-state index in [1.54, 1.807) is 0 Å². The van der Waals surface area contributed by atoms with Gasteiger partial charge >= 0.3 is 0 Å². The third-order valence-corrected chi connectivity index (χ3v) is 9.15. The maximum atomic E-state index is 2.48. The van der Waals surface area contributed by atoms with Gasteiger partial charge in [0.1, 0.15) is 0 Å². The number of para-hydroxylation sites is 3. The average Bonchev–Trinajstić information content (AvgIpc) is 3.61. The van der Waals surface area contributed by atoms with Crippen LogP contribution in [-0.4, -0.2) is 9.13 Å². The molecule has 0 atom stereocenters. The minimum Gasteiger partial charge on any atom is -0.309 e. The van der Waals surface area contributed by atoms with Crippen molar-refractivity contribution in [2.75, 3.05) is 0 Å². The van der Waals surface area contributed by atoms with Gasteiger partial charge in [-0.05, 0) is 72.0 Å². The van der Waals surface area contributed by atoms with E-state index < -0.39 is 0 Å². The lowest BCUT2D eigenvalue weighted by Gasteiger charge is -2.18. The van der Waals surface area contributed by atoms with Crippen LogP contribution < -0.4 is 0 Å². The Hall–Kier alpha value is -5.60. The molecular formula is C42H30N2. The van der Waals surface area contributed by atoms with E-state index in [-0.39, 0.29) is 0 Å². The first-order chi connectivity index (χ1) is 21.8. The Morgan fingerprint density at radius 2 is 1.05 bits per heavy atom. The van der Waals surface area contributed by atoms with E-state index in [0.29, 0.717) is 0 Å². The van der Waals surface area contributed by atoms with Crippen LogP contribution in [0.5, 0.6) is 0 Å². The van der Waals surface area contributed by atoms with Crippen LogP contribution in [0.1, 0.15) is 18.4 Å². The summed E-state index contributed by atoms with van der Waals surface area (Å²) in [6.45, 7) is 0. The molecule has 9 rings (SSSR count). The topological polar surface area (TPSA) is 9.86 Å². The zero-order chi connectivity index (χ0) is 29.0. The molecule has 0 saturated carbocycles. The second-order valence-corrected chi connectivity index (χ2v) is 11.7. The molecule has 2 heteroatoms. The van der Waals surface area contributed by atoms with Gasteiger partial charge in [-0.3, -0.25) is 0 Å². The normalized spacial score (nSPS) is 13.3. The van der Waals surface area contributed by atoms with Crippen LogP contribution in [0.3, 0.4) is 0 Å². The van der Waals surface area contributed by atoms with Crippen molar-refractivity contribution in [1.82, 2.24) is 9.13 Å². The first-order valence-electron chi connectivity index (χ1n) is 15.4. The SMILES string of the molecule is C1=CC(c2ccc(-c3ccccc3)cc2-n2c3ccccc3c3cc(-n4c5ccccc5c5ccccc54)ccc32)=CCC1. The average molecular weight is 563 g/mol. The van der Waals surface area contributed by atoms with Gasteiger partial charge in [0.25, 0.3) is 0 Å². The van der Waals surface area contributed by atoms with Gasteiger partial charge in [-0.1, -0.05) is 115 Å². The van der Waals surface area contributed by atoms with E-state index >= 15 is 0 Å². The number of nitrogens with zero attached hydrogens (tertiary/aromatic N) is 2. The molecule has 2 nitrogen and oxygen atoms in total. The van der Waals surface area contributed by atoms with Gasteiger partial charge in [-0.15, -0.1) is 0 Å². The Morgan fingerprint density at radius 3 is 1.73 bits per heavy atom. The van der Waals surface area contributed by atoms with E-state index in [1.165, 1.54) is 77.2 Å². The van der Waals surface area contributed by atoms with Crippen LogP contribution in [0.2, 0.25) is 0 Å². The molecule has 0 aliphatic heterocycles. The minimum atomic E-state index is 1.07. The molecule has 1 aliphatic rings. The van der Waals surface area contributed by atoms with E-state index in [9.17, 15) is 0 Å². The van der Waals surface area contributed by atoms with Crippen LogP contribution in [0.25, 0.3) is 71.7 Å². The summed E-state index contributed by atoms with van der Waals surface area (Å²) in [5.41, 5.74) is 12.3. The summed E-state index contributed by atoms with van der Waals surface area (Å²) in [6.07, 6.45) is 9.14. The highest BCUT2D eigenvalue weighted by Gasteiger charge is 2.19. The quantitative estimate of drug-likeness (QED) is 0.202. The van der Waals surface area contributed by atoms with Gasteiger partial charge in [0, 0.05) is 32.8 Å². The maximum Gasteiger partial charge on any atom is 0.0546 e. The van der Waals surface area contributed by atoms with E-state index in [0.717, 1.165) is 12.8 Å². The fraction of sp³-hybridized carbons (Fsp3) is 0.0476. The number of allylic oxidation sites excluding steroid dienone is 4. The molecule has 2 aromatic heterocycles. The Morgan fingerprint density at radius 1 is 0.432 bits per heavy atom. The first-order valence-corrected chi connectivity index (χ1v) is 15.4. The van der Waals surface area contributed by atoms with E-state index in [2.05, 4.69) is 167 Å². The lowest BCUT2D eigenvalue weighted by molar-refractivity contribution is 1.04. The van der Waals surface area contributed by atoms with Crippen molar-refractivity contribution in [2.24, 2.45) is 0 Å². The molecular weight excluding hydrogens is 532 g/mol. The first kappa shape index (κ1) is 24.9. The number of aromatic nitrogens is 2. The summed E-state index contributed by atoms with van der Waals surface area (Å²) >= 11 is 0. The highest BCUT2D eigenvalue weighted by atomic mass is 15.0. The summed E-state index contributed by atoms with van der Waals surface area (Å²) in [4.78, 5) is 0. The molecule has 208 valence electrons. The molecule has 8 aromatic rings. The summed E-state index contributed by atoms with van der Waals surface area (Å²) in [5.74, 6) is 0. The smallest absolute Gasteiger partial charge is 0.0546 e. The molecule has 44 heavy (non-hydrogen) atoms. The highest BCUT2D eigenvalue weighted by molar-refractivity contribution is 6.12. The van der Waals surface area contributed by atoms with Crippen molar-refractivity contribution in [3.63, 3.8) is 0 Å². The molecule has 0 radical (unpaired) electrons. The van der Waals surface area contributed by atoms with Crippen molar-refractivity contribution >= 4 is 49.2 Å². The lowest BCUT2D eigenvalue weighted by Crippen LogP contribution is -2.01. The highest BCUT2D eigenvalue weighted by Crippen LogP contribution is 2.39.